The van der Waals surface area contributed by atoms with Crippen LogP contribution in [0.3, 0.4) is 0 Å². The zero-order valence-electron chi connectivity index (χ0n) is 15.8. The summed E-state index contributed by atoms with van der Waals surface area (Å²) in [6, 6.07) is 18.7. The first kappa shape index (κ1) is 17.7. The predicted molar refractivity (Wildman–Crippen MR) is 107 cm³/mol. The third kappa shape index (κ3) is 4.18. The summed E-state index contributed by atoms with van der Waals surface area (Å²) < 4.78 is 5.22. The number of carbonyl (C=O) groups excluding carboxylic acids is 1. The molecule has 1 aliphatic heterocycles. The van der Waals surface area contributed by atoms with Gasteiger partial charge in [0, 0.05) is 31.9 Å². The Morgan fingerprint density at radius 3 is 2.26 bits per heavy atom. The van der Waals surface area contributed by atoms with E-state index >= 15 is 0 Å². The lowest BCUT2D eigenvalue weighted by Gasteiger charge is -2.37. The highest BCUT2D eigenvalue weighted by Crippen LogP contribution is 2.41. The standard InChI is InChI=1S/C22H27N3O2/c1-27-20-11-9-19(10-12-20)24-13-15-25(16-14-24)22(26)23-21(18-7-8-18)17-5-3-2-4-6-17/h2-6,9-12,18,21H,7-8,13-16H2,1H3,(H,23,26). The molecule has 1 N–H and O–H groups in total. The molecule has 0 spiro atoms. The van der Waals surface area contributed by atoms with Gasteiger partial charge in [0.25, 0.3) is 0 Å². The molecule has 27 heavy (non-hydrogen) atoms. The van der Waals surface area contributed by atoms with Crippen LogP contribution in [0.2, 0.25) is 0 Å². The van der Waals surface area contributed by atoms with E-state index in [4.69, 9.17) is 4.74 Å². The predicted octanol–water partition coefficient (Wildman–Crippen LogP) is 3.68. The molecule has 2 aromatic carbocycles. The summed E-state index contributed by atoms with van der Waals surface area (Å²) in [5.41, 5.74) is 2.39. The number of nitrogens with one attached hydrogen (secondary N) is 1. The van der Waals surface area contributed by atoms with E-state index in [-0.39, 0.29) is 12.1 Å². The summed E-state index contributed by atoms with van der Waals surface area (Å²) in [5, 5.41) is 3.29. The maximum Gasteiger partial charge on any atom is 0.318 e. The van der Waals surface area contributed by atoms with Crippen molar-refractivity contribution in [2.24, 2.45) is 5.92 Å². The van der Waals surface area contributed by atoms with Gasteiger partial charge in [-0.3, -0.25) is 0 Å². The number of urea groups is 1. The van der Waals surface area contributed by atoms with E-state index in [2.05, 4.69) is 34.5 Å². The molecule has 2 fully saturated rings. The van der Waals surface area contributed by atoms with Gasteiger partial charge < -0.3 is 19.9 Å². The Kier molecular flexibility index (Phi) is 5.19. The van der Waals surface area contributed by atoms with Crippen molar-refractivity contribution in [3.63, 3.8) is 0 Å². The molecule has 1 heterocycles. The minimum Gasteiger partial charge on any atom is -0.497 e. The van der Waals surface area contributed by atoms with Gasteiger partial charge in [0.15, 0.2) is 0 Å². The smallest absolute Gasteiger partial charge is 0.318 e. The zero-order valence-corrected chi connectivity index (χ0v) is 15.8. The molecule has 4 rings (SSSR count). The largest absolute Gasteiger partial charge is 0.497 e. The fourth-order valence-corrected chi connectivity index (χ4v) is 3.75. The number of nitrogens with zero attached hydrogens (tertiary/aromatic N) is 2. The molecule has 1 atom stereocenters. The highest BCUT2D eigenvalue weighted by molar-refractivity contribution is 5.75. The molecule has 1 saturated carbocycles. The highest BCUT2D eigenvalue weighted by atomic mass is 16.5. The molecule has 1 aliphatic carbocycles. The Bertz CT molecular complexity index is 751. The number of amides is 2. The fraction of sp³-hybridized carbons (Fsp3) is 0.409. The second kappa shape index (κ2) is 7.91. The molecule has 0 bridgehead atoms. The van der Waals surface area contributed by atoms with Crippen LogP contribution in [0.25, 0.3) is 0 Å². The van der Waals surface area contributed by atoms with Crippen LogP contribution in [-0.2, 0) is 0 Å². The van der Waals surface area contributed by atoms with Crippen LogP contribution < -0.4 is 15.0 Å². The minimum absolute atomic E-state index is 0.0603. The molecule has 1 unspecified atom stereocenters. The summed E-state index contributed by atoms with van der Waals surface area (Å²) in [4.78, 5) is 17.1. The summed E-state index contributed by atoms with van der Waals surface area (Å²) in [7, 11) is 1.68. The number of benzene rings is 2. The summed E-state index contributed by atoms with van der Waals surface area (Å²) in [5.74, 6) is 1.45. The molecule has 5 nitrogen and oxygen atoms in total. The Labute approximate surface area is 160 Å². The van der Waals surface area contributed by atoms with Crippen LogP contribution in [-0.4, -0.2) is 44.2 Å². The first-order valence-electron chi connectivity index (χ1n) is 9.74. The number of ether oxygens (including phenoxy) is 1. The quantitative estimate of drug-likeness (QED) is 0.879. The fourth-order valence-electron chi connectivity index (χ4n) is 3.75. The van der Waals surface area contributed by atoms with Crippen LogP contribution in [0.1, 0.15) is 24.4 Å². The van der Waals surface area contributed by atoms with Crippen molar-refractivity contribution in [2.45, 2.75) is 18.9 Å². The number of methoxy groups -OCH3 is 1. The lowest BCUT2D eigenvalue weighted by Crippen LogP contribution is -2.52. The molecule has 1 saturated heterocycles. The number of anilines is 1. The van der Waals surface area contributed by atoms with Crippen LogP contribution in [0.15, 0.2) is 54.6 Å². The van der Waals surface area contributed by atoms with Gasteiger partial charge in [0.05, 0.1) is 13.2 Å². The summed E-state index contributed by atoms with van der Waals surface area (Å²) in [6.45, 7) is 3.17. The van der Waals surface area contributed by atoms with Crippen molar-refractivity contribution >= 4 is 11.7 Å². The highest BCUT2D eigenvalue weighted by Gasteiger charge is 2.34. The summed E-state index contributed by atoms with van der Waals surface area (Å²) in [6.07, 6.45) is 2.40. The van der Waals surface area contributed by atoms with Gasteiger partial charge in [0.2, 0.25) is 0 Å². The molecule has 2 aromatic rings. The zero-order chi connectivity index (χ0) is 18.6. The molecule has 2 amide bonds. The van der Waals surface area contributed by atoms with Gasteiger partial charge in [0.1, 0.15) is 5.75 Å². The molecule has 142 valence electrons. The Morgan fingerprint density at radius 2 is 1.67 bits per heavy atom. The molecular weight excluding hydrogens is 338 g/mol. The van der Waals surface area contributed by atoms with Gasteiger partial charge >= 0.3 is 6.03 Å². The van der Waals surface area contributed by atoms with E-state index in [1.165, 1.54) is 24.1 Å². The van der Waals surface area contributed by atoms with E-state index in [0.717, 1.165) is 31.9 Å². The normalized spacial score (nSPS) is 18.1. The van der Waals surface area contributed by atoms with E-state index < -0.39 is 0 Å². The Hall–Kier alpha value is -2.69. The summed E-state index contributed by atoms with van der Waals surface area (Å²) >= 11 is 0. The van der Waals surface area contributed by atoms with Gasteiger partial charge in [-0.2, -0.15) is 0 Å². The van der Waals surface area contributed by atoms with E-state index in [1.807, 2.05) is 35.2 Å². The maximum atomic E-state index is 12.8. The van der Waals surface area contributed by atoms with Gasteiger partial charge in [-0.1, -0.05) is 30.3 Å². The second-order valence-corrected chi connectivity index (χ2v) is 7.35. The molecular formula is C22H27N3O2. The van der Waals surface area contributed by atoms with Crippen molar-refractivity contribution < 1.29 is 9.53 Å². The van der Waals surface area contributed by atoms with E-state index in [1.54, 1.807) is 7.11 Å². The monoisotopic (exact) mass is 365 g/mol. The Balaban J connectivity index is 1.34. The second-order valence-electron chi connectivity index (χ2n) is 7.35. The van der Waals surface area contributed by atoms with Crippen LogP contribution in [0, 0.1) is 5.92 Å². The average molecular weight is 365 g/mol. The topological polar surface area (TPSA) is 44.8 Å². The lowest BCUT2D eigenvalue weighted by molar-refractivity contribution is 0.189. The van der Waals surface area contributed by atoms with Crippen molar-refractivity contribution in [3.8, 4) is 5.75 Å². The van der Waals surface area contributed by atoms with Crippen molar-refractivity contribution in [1.29, 1.82) is 0 Å². The van der Waals surface area contributed by atoms with E-state index in [0.29, 0.717) is 5.92 Å². The number of carbonyl (C=O) groups is 1. The minimum atomic E-state index is 0.0603. The van der Waals surface area contributed by atoms with Crippen LogP contribution >= 0.6 is 0 Å². The van der Waals surface area contributed by atoms with Gasteiger partial charge in [-0.25, -0.2) is 4.79 Å². The average Bonchev–Trinajstić information content (AvgIpc) is 3.58. The molecule has 2 aliphatic rings. The maximum absolute atomic E-state index is 12.8. The molecule has 5 heteroatoms. The lowest BCUT2D eigenvalue weighted by atomic mass is 10.0. The Morgan fingerprint density at radius 1 is 1.00 bits per heavy atom. The van der Waals surface area contributed by atoms with Crippen LogP contribution in [0.4, 0.5) is 10.5 Å². The first-order chi connectivity index (χ1) is 13.2. The first-order valence-corrected chi connectivity index (χ1v) is 9.74. The van der Waals surface area contributed by atoms with Crippen molar-refractivity contribution in [2.75, 3.05) is 38.2 Å². The number of hydrogen-bond acceptors (Lipinski definition) is 3. The van der Waals surface area contributed by atoms with E-state index in [9.17, 15) is 4.79 Å². The third-order valence-corrected chi connectivity index (χ3v) is 5.54. The molecule has 0 aromatic heterocycles. The van der Waals surface area contributed by atoms with Crippen molar-refractivity contribution in [1.82, 2.24) is 10.2 Å². The van der Waals surface area contributed by atoms with Crippen molar-refractivity contribution in [3.05, 3.63) is 60.2 Å². The third-order valence-electron chi connectivity index (χ3n) is 5.54. The van der Waals surface area contributed by atoms with Gasteiger partial charge in [-0.05, 0) is 48.6 Å². The number of piperazine rings is 1. The van der Waals surface area contributed by atoms with Crippen LogP contribution in [0.5, 0.6) is 5.75 Å². The number of hydrogen-bond donors (Lipinski definition) is 1. The molecule has 0 radical (unpaired) electrons. The SMILES string of the molecule is COc1ccc(N2CCN(C(=O)NC(c3ccccc3)C3CC3)CC2)cc1. The van der Waals surface area contributed by atoms with Gasteiger partial charge in [-0.15, -0.1) is 0 Å². The number of rotatable bonds is 5.